The topological polar surface area (TPSA) is 66.9 Å². The van der Waals surface area contributed by atoms with Crippen LogP contribution in [0.4, 0.5) is 0 Å². The van der Waals surface area contributed by atoms with Crippen LogP contribution in [0.15, 0.2) is 30.3 Å². The molecule has 0 aliphatic carbocycles. The molecule has 2 heterocycles. The molecule has 1 aromatic rings. The van der Waals surface area contributed by atoms with Crippen molar-refractivity contribution >= 4 is 15.7 Å². The molecule has 0 saturated carbocycles. The van der Waals surface area contributed by atoms with E-state index in [0.717, 1.165) is 64.1 Å². The Hall–Kier alpha value is -1.44. The first-order valence-corrected chi connectivity index (χ1v) is 12.7. The minimum atomic E-state index is -3.35. The van der Waals surface area contributed by atoms with Crippen LogP contribution in [0.5, 0.6) is 0 Å². The first-order valence-electron chi connectivity index (χ1n) is 10.8. The standard InChI is InChI=1S/C22H34N2O4S/c25-22(19-29(26,27)18-4-7-20-5-2-1-3-6-20)24-12-9-21(10-13-24)8-11-23-14-16-28-17-15-23/h1-3,5-6,21H,4,7-19H2. The molecule has 7 heteroatoms. The molecule has 0 spiro atoms. The Kier molecular flexibility index (Phi) is 8.51. The fourth-order valence-corrected chi connectivity index (χ4v) is 5.44. The van der Waals surface area contributed by atoms with Gasteiger partial charge < -0.3 is 9.64 Å². The highest BCUT2D eigenvalue weighted by Crippen LogP contribution is 2.21. The summed E-state index contributed by atoms with van der Waals surface area (Å²) >= 11 is 0. The number of carbonyl (C=O) groups is 1. The van der Waals surface area contributed by atoms with E-state index in [1.54, 1.807) is 4.90 Å². The molecule has 0 N–H and O–H groups in total. The predicted octanol–water partition coefficient (Wildman–Crippen LogP) is 1.99. The number of carbonyl (C=O) groups excluding carboxylic acids is 1. The molecule has 2 aliphatic heterocycles. The van der Waals surface area contributed by atoms with Gasteiger partial charge in [0.15, 0.2) is 9.84 Å². The van der Waals surface area contributed by atoms with Crippen LogP contribution in [0, 0.1) is 5.92 Å². The first kappa shape index (κ1) is 22.2. The molecule has 0 unspecified atom stereocenters. The second-order valence-corrected chi connectivity index (χ2v) is 10.4. The highest BCUT2D eigenvalue weighted by Gasteiger charge is 2.26. The zero-order valence-electron chi connectivity index (χ0n) is 17.3. The number of amides is 1. The Labute approximate surface area is 175 Å². The van der Waals surface area contributed by atoms with Crippen LogP contribution in [0.3, 0.4) is 0 Å². The smallest absolute Gasteiger partial charge is 0.237 e. The lowest BCUT2D eigenvalue weighted by Gasteiger charge is -2.34. The van der Waals surface area contributed by atoms with E-state index in [1.165, 1.54) is 0 Å². The molecule has 2 saturated heterocycles. The zero-order chi connectivity index (χ0) is 20.5. The van der Waals surface area contributed by atoms with Crippen molar-refractivity contribution in [2.75, 3.05) is 57.4 Å². The molecule has 0 radical (unpaired) electrons. The van der Waals surface area contributed by atoms with Gasteiger partial charge in [0.1, 0.15) is 5.75 Å². The maximum absolute atomic E-state index is 12.5. The van der Waals surface area contributed by atoms with E-state index < -0.39 is 9.84 Å². The molecule has 1 aromatic carbocycles. The molecule has 0 bridgehead atoms. The normalized spacial score (nSPS) is 19.4. The van der Waals surface area contributed by atoms with Crippen molar-refractivity contribution in [3.8, 4) is 0 Å². The van der Waals surface area contributed by atoms with Crippen molar-refractivity contribution in [2.45, 2.75) is 32.1 Å². The summed E-state index contributed by atoms with van der Waals surface area (Å²) in [7, 11) is -3.35. The lowest BCUT2D eigenvalue weighted by atomic mass is 9.93. The molecular weight excluding hydrogens is 388 g/mol. The summed E-state index contributed by atoms with van der Waals surface area (Å²) in [6.07, 6.45) is 4.39. The van der Waals surface area contributed by atoms with E-state index in [2.05, 4.69) is 4.90 Å². The average Bonchev–Trinajstić information content (AvgIpc) is 2.73. The van der Waals surface area contributed by atoms with Gasteiger partial charge in [-0.1, -0.05) is 30.3 Å². The van der Waals surface area contributed by atoms with Crippen molar-refractivity contribution < 1.29 is 17.9 Å². The van der Waals surface area contributed by atoms with Crippen molar-refractivity contribution in [3.63, 3.8) is 0 Å². The van der Waals surface area contributed by atoms with E-state index in [4.69, 9.17) is 4.74 Å². The van der Waals surface area contributed by atoms with Crippen LogP contribution in [-0.2, 0) is 25.8 Å². The zero-order valence-corrected chi connectivity index (χ0v) is 18.1. The molecule has 3 rings (SSSR count). The summed E-state index contributed by atoms with van der Waals surface area (Å²) in [6, 6.07) is 9.86. The van der Waals surface area contributed by atoms with Crippen LogP contribution < -0.4 is 0 Å². The van der Waals surface area contributed by atoms with Gasteiger partial charge in [-0.25, -0.2) is 8.42 Å². The average molecular weight is 423 g/mol. The molecule has 29 heavy (non-hydrogen) atoms. The highest BCUT2D eigenvalue weighted by molar-refractivity contribution is 7.92. The van der Waals surface area contributed by atoms with Gasteiger partial charge in [0.05, 0.1) is 19.0 Å². The summed E-state index contributed by atoms with van der Waals surface area (Å²) < 4.78 is 30.1. The Bertz CT molecular complexity index is 724. The Balaban J connectivity index is 1.34. The highest BCUT2D eigenvalue weighted by atomic mass is 32.2. The third-order valence-electron chi connectivity index (χ3n) is 6.03. The van der Waals surface area contributed by atoms with Gasteiger partial charge in [0, 0.05) is 26.2 Å². The number of rotatable bonds is 9. The molecule has 2 aliphatic rings. The van der Waals surface area contributed by atoms with Crippen LogP contribution in [0.1, 0.15) is 31.2 Å². The molecule has 1 amide bonds. The maximum atomic E-state index is 12.5. The molecule has 2 fully saturated rings. The number of piperidine rings is 1. The van der Waals surface area contributed by atoms with E-state index in [-0.39, 0.29) is 17.4 Å². The van der Waals surface area contributed by atoms with E-state index >= 15 is 0 Å². The SMILES string of the molecule is O=C(CS(=O)(=O)CCCc1ccccc1)N1CCC(CCN2CCOCC2)CC1. The molecule has 0 atom stereocenters. The summed E-state index contributed by atoms with van der Waals surface area (Å²) in [5.41, 5.74) is 1.13. The molecule has 162 valence electrons. The predicted molar refractivity (Wildman–Crippen MR) is 115 cm³/mol. The van der Waals surface area contributed by atoms with Gasteiger partial charge in [0.2, 0.25) is 5.91 Å². The molecular formula is C22H34N2O4S. The Morgan fingerprint density at radius 2 is 1.72 bits per heavy atom. The second-order valence-electron chi connectivity index (χ2n) is 8.25. The van der Waals surface area contributed by atoms with Crippen LogP contribution in [0.25, 0.3) is 0 Å². The number of hydrogen-bond acceptors (Lipinski definition) is 5. The monoisotopic (exact) mass is 422 g/mol. The number of hydrogen-bond donors (Lipinski definition) is 0. The first-order chi connectivity index (χ1) is 14.0. The minimum absolute atomic E-state index is 0.0731. The summed E-state index contributed by atoms with van der Waals surface area (Å²) in [4.78, 5) is 16.7. The van der Waals surface area contributed by atoms with Gasteiger partial charge in [0.25, 0.3) is 0 Å². The number of sulfone groups is 1. The summed E-state index contributed by atoms with van der Waals surface area (Å²) in [6.45, 7) is 6.15. The van der Waals surface area contributed by atoms with Gasteiger partial charge in [-0.2, -0.15) is 0 Å². The van der Waals surface area contributed by atoms with E-state index in [0.29, 0.717) is 25.4 Å². The van der Waals surface area contributed by atoms with Crippen molar-refractivity contribution in [3.05, 3.63) is 35.9 Å². The number of aryl methyl sites for hydroxylation is 1. The van der Waals surface area contributed by atoms with Crippen molar-refractivity contribution in [1.29, 1.82) is 0 Å². The number of morpholine rings is 1. The molecule has 6 nitrogen and oxygen atoms in total. The van der Waals surface area contributed by atoms with Gasteiger partial charge in [-0.3, -0.25) is 9.69 Å². The summed E-state index contributed by atoms with van der Waals surface area (Å²) in [5.74, 6) is 0.130. The van der Waals surface area contributed by atoms with Gasteiger partial charge in [-0.15, -0.1) is 0 Å². The summed E-state index contributed by atoms with van der Waals surface area (Å²) in [5, 5.41) is 0. The Morgan fingerprint density at radius 1 is 1.03 bits per heavy atom. The van der Waals surface area contributed by atoms with Crippen molar-refractivity contribution in [2.24, 2.45) is 5.92 Å². The number of likely N-dealkylation sites (tertiary alicyclic amines) is 1. The molecule has 0 aromatic heterocycles. The minimum Gasteiger partial charge on any atom is -0.379 e. The third-order valence-corrected chi connectivity index (χ3v) is 7.63. The number of ether oxygens (including phenoxy) is 1. The maximum Gasteiger partial charge on any atom is 0.237 e. The Morgan fingerprint density at radius 3 is 2.41 bits per heavy atom. The number of benzene rings is 1. The van der Waals surface area contributed by atoms with E-state index in [1.807, 2.05) is 30.3 Å². The third kappa shape index (κ3) is 7.72. The lowest BCUT2D eigenvalue weighted by molar-refractivity contribution is -0.129. The fourth-order valence-electron chi connectivity index (χ4n) is 4.15. The fraction of sp³-hybridized carbons (Fsp3) is 0.682. The van der Waals surface area contributed by atoms with Gasteiger partial charge >= 0.3 is 0 Å². The largest absolute Gasteiger partial charge is 0.379 e. The second kappa shape index (κ2) is 11.1. The van der Waals surface area contributed by atoms with Gasteiger partial charge in [-0.05, 0) is 50.1 Å². The van der Waals surface area contributed by atoms with Crippen LogP contribution in [0.2, 0.25) is 0 Å². The van der Waals surface area contributed by atoms with Crippen LogP contribution in [-0.4, -0.2) is 81.6 Å². The van der Waals surface area contributed by atoms with E-state index in [9.17, 15) is 13.2 Å². The quantitative estimate of drug-likeness (QED) is 0.609. The number of nitrogens with zero attached hydrogens (tertiary/aromatic N) is 2. The lowest BCUT2D eigenvalue weighted by Crippen LogP contribution is -2.43. The van der Waals surface area contributed by atoms with Crippen molar-refractivity contribution in [1.82, 2.24) is 9.80 Å². The van der Waals surface area contributed by atoms with Crippen LogP contribution >= 0.6 is 0 Å².